The predicted octanol–water partition coefficient (Wildman–Crippen LogP) is 4.15. The molecule has 6 nitrogen and oxygen atoms in total. The molecule has 0 spiro atoms. The van der Waals surface area contributed by atoms with Gasteiger partial charge in [-0.15, -0.1) is 0 Å². The Morgan fingerprint density at radius 1 is 0.966 bits per heavy atom. The zero-order chi connectivity index (χ0) is 20.1. The molecule has 0 unspecified atom stereocenters. The second-order valence-corrected chi connectivity index (χ2v) is 6.50. The topological polar surface area (TPSA) is 69.2 Å². The summed E-state index contributed by atoms with van der Waals surface area (Å²) < 4.78 is 16.4. The zero-order valence-corrected chi connectivity index (χ0v) is 15.9. The summed E-state index contributed by atoms with van der Waals surface area (Å²) in [4.78, 5) is 12.4. The van der Waals surface area contributed by atoms with Crippen molar-refractivity contribution in [3.63, 3.8) is 0 Å². The van der Waals surface area contributed by atoms with E-state index in [0.717, 1.165) is 16.9 Å². The molecule has 1 amide bonds. The predicted molar refractivity (Wildman–Crippen MR) is 109 cm³/mol. The highest BCUT2D eigenvalue weighted by molar-refractivity contribution is 6.01. The molecule has 0 saturated heterocycles. The molecular weight excluding hydrogens is 368 g/mol. The van der Waals surface area contributed by atoms with Gasteiger partial charge in [-0.1, -0.05) is 30.3 Å². The summed E-state index contributed by atoms with van der Waals surface area (Å²) in [5.41, 5.74) is 5.61. The van der Waals surface area contributed by atoms with Crippen molar-refractivity contribution in [2.24, 2.45) is 5.10 Å². The van der Waals surface area contributed by atoms with Crippen molar-refractivity contribution in [1.29, 1.82) is 0 Å². The van der Waals surface area contributed by atoms with Crippen LogP contribution in [-0.4, -0.2) is 18.4 Å². The standard InChI is InChI=1S/C23H20N2O4/c1-16(19-11-12-21-22(13-19)29-15-28-21)24-25-23(26)18-9-7-17(8-10-18)14-27-20-5-3-2-4-6-20/h2-13H,14-15H2,1H3,(H,25,26)/b24-16-. The van der Waals surface area contributed by atoms with E-state index in [-0.39, 0.29) is 12.7 Å². The first-order chi connectivity index (χ1) is 14.2. The van der Waals surface area contributed by atoms with Gasteiger partial charge in [-0.3, -0.25) is 4.79 Å². The van der Waals surface area contributed by atoms with Gasteiger partial charge in [-0.05, 0) is 55.0 Å². The number of hydrogen-bond donors (Lipinski definition) is 1. The van der Waals surface area contributed by atoms with Crippen LogP contribution in [0.3, 0.4) is 0 Å². The van der Waals surface area contributed by atoms with Gasteiger partial charge in [-0.25, -0.2) is 5.43 Å². The van der Waals surface area contributed by atoms with Crippen LogP contribution in [0.5, 0.6) is 17.2 Å². The summed E-state index contributed by atoms with van der Waals surface area (Å²) in [5, 5.41) is 4.19. The number of fused-ring (bicyclic) bond motifs is 1. The van der Waals surface area contributed by atoms with E-state index in [2.05, 4.69) is 10.5 Å². The van der Waals surface area contributed by atoms with Gasteiger partial charge >= 0.3 is 0 Å². The molecule has 3 aromatic carbocycles. The summed E-state index contributed by atoms with van der Waals surface area (Å²) in [5.74, 6) is 1.92. The number of hydrogen-bond acceptors (Lipinski definition) is 5. The zero-order valence-electron chi connectivity index (χ0n) is 15.9. The number of hydrazone groups is 1. The highest BCUT2D eigenvalue weighted by atomic mass is 16.7. The first kappa shape index (κ1) is 18.6. The lowest BCUT2D eigenvalue weighted by molar-refractivity contribution is 0.0954. The lowest BCUT2D eigenvalue weighted by Gasteiger charge is -2.07. The number of carbonyl (C=O) groups is 1. The summed E-state index contributed by atoms with van der Waals surface area (Å²) >= 11 is 0. The summed E-state index contributed by atoms with van der Waals surface area (Å²) in [7, 11) is 0. The molecule has 0 saturated carbocycles. The number of nitrogens with one attached hydrogen (secondary N) is 1. The van der Waals surface area contributed by atoms with Crippen molar-refractivity contribution in [3.8, 4) is 17.2 Å². The average Bonchev–Trinajstić information content (AvgIpc) is 3.25. The molecule has 1 N–H and O–H groups in total. The third kappa shape index (κ3) is 4.55. The minimum absolute atomic E-state index is 0.220. The maximum Gasteiger partial charge on any atom is 0.271 e. The summed E-state index contributed by atoms with van der Waals surface area (Å²) in [6, 6.07) is 22.4. The van der Waals surface area contributed by atoms with E-state index in [9.17, 15) is 4.79 Å². The smallest absolute Gasteiger partial charge is 0.271 e. The lowest BCUT2D eigenvalue weighted by atomic mass is 10.1. The molecule has 146 valence electrons. The Labute approximate surface area is 168 Å². The Kier molecular flexibility index (Phi) is 5.42. The Morgan fingerprint density at radius 2 is 1.69 bits per heavy atom. The van der Waals surface area contributed by atoms with Crippen LogP contribution in [0.1, 0.15) is 28.4 Å². The minimum Gasteiger partial charge on any atom is -0.489 e. The van der Waals surface area contributed by atoms with Gasteiger partial charge in [0.25, 0.3) is 5.91 Å². The van der Waals surface area contributed by atoms with E-state index in [0.29, 0.717) is 29.4 Å². The quantitative estimate of drug-likeness (QED) is 0.509. The number of benzene rings is 3. The van der Waals surface area contributed by atoms with E-state index in [1.165, 1.54) is 0 Å². The second kappa shape index (κ2) is 8.48. The Morgan fingerprint density at radius 3 is 2.48 bits per heavy atom. The normalized spacial score (nSPS) is 12.5. The van der Waals surface area contributed by atoms with Gasteiger partial charge in [0.1, 0.15) is 12.4 Å². The number of rotatable bonds is 6. The number of para-hydroxylation sites is 1. The highest BCUT2D eigenvalue weighted by Gasteiger charge is 2.14. The molecule has 0 aromatic heterocycles. The molecule has 4 rings (SSSR count). The Balaban J connectivity index is 1.35. The van der Waals surface area contributed by atoms with Gasteiger partial charge < -0.3 is 14.2 Å². The average molecular weight is 388 g/mol. The van der Waals surface area contributed by atoms with Crippen LogP contribution < -0.4 is 19.6 Å². The fourth-order valence-corrected chi connectivity index (χ4v) is 2.82. The van der Waals surface area contributed by atoms with Crippen LogP contribution in [0.15, 0.2) is 77.9 Å². The van der Waals surface area contributed by atoms with Crippen LogP contribution in [0.4, 0.5) is 0 Å². The molecule has 1 aliphatic rings. The number of nitrogens with zero attached hydrogens (tertiary/aromatic N) is 1. The van der Waals surface area contributed by atoms with E-state index in [4.69, 9.17) is 14.2 Å². The molecule has 1 heterocycles. The fourth-order valence-electron chi connectivity index (χ4n) is 2.82. The Hall–Kier alpha value is -3.80. The number of amides is 1. The van der Waals surface area contributed by atoms with E-state index in [1.807, 2.05) is 67.6 Å². The summed E-state index contributed by atoms with van der Waals surface area (Å²) in [6.45, 7) is 2.48. The largest absolute Gasteiger partial charge is 0.489 e. The maximum atomic E-state index is 12.4. The van der Waals surface area contributed by atoms with Crippen LogP contribution in [-0.2, 0) is 6.61 Å². The summed E-state index contributed by atoms with van der Waals surface area (Å²) in [6.07, 6.45) is 0. The molecule has 6 heteroatoms. The van der Waals surface area contributed by atoms with E-state index >= 15 is 0 Å². The molecule has 0 radical (unpaired) electrons. The third-order valence-electron chi connectivity index (χ3n) is 4.48. The minimum atomic E-state index is -0.277. The monoisotopic (exact) mass is 388 g/mol. The molecule has 0 bridgehead atoms. The molecule has 0 aliphatic carbocycles. The molecule has 0 fully saturated rings. The van der Waals surface area contributed by atoms with Crippen molar-refractivity contribution in [1.82, 2.24) is 5.43 Å². The molecule has 29 heavy (non-hydrogen) atoms. The van der Waals surface area contributed by atoms with Crippen LogP contribution >= 0.6 is 0 Å². The van der Waals surface area contributed by atoms with Crippen molar-refractivity contribution < 1.29 is 19.0 Å². The highest BCUT2D eigenvalue weighted by Crippen LogP contribution is 2.32. The lowest BCUT2D eigenvalue weighted by Crippen LogP contribution is -2.19. The first-order valence-electron chi connectivity index (χ1n) is 9.20. The van der Waals surface area contributed by atoms with E-state index in [1.54, 1.807) is 12.1 Å². The van der Waals surface area contributed by atoms with Gasteiger partial charge in [0, 0.05) is 11.1 Å². The van der Waals surface area contributed by atoms with Crippen LogP contribution in [0, 0.1) is 0 Å². The Bertz CT molecular complexity index is 1030. The third-order valence-corrected chi connectivity index (χ3v) is 4.48. The van der Waals surface area contributed by atoms with Crippen molar-refractivity contribution >= 4 is 11.6 Å². The molecular formula is C23H20N2O4. The molecule has 0 atom stereocenters. The fraction of sp³-hybridized carbons (Fsp3) is 0.130. The van der Waals surface area contributed by atoms with Crippen LogP contribution in [0.25, 0.3) is 0 Å². The maximum absolute atomic E-state index is 12.4. The van der Waals surface area contributed by atoms with Crippen molar-refractivity contribution in [2.45, 2.75) is 13.5 Å². The van der Waals surface area contributed by atoms with E-state index < -0.39 is 0 Å². The van der Waals surface area contributed by atoms with Gasteiger partial charge in [0.2, 0.25) is 6.79 Å². The van der Waals surface area contributed by atoms with Gasteiger partial charge in [0.15, 0.2) is 11.5 Å². The first-order valence-corrected chi connectivity index (χ1v) is 9.20. The number of ether oxygens (including phenoxy) is 3. The number of carbonyl (C=O) groups excluding carboxylic acids is 1. The van der Waals surface area contributed by atoms with Gasteiger partial charge in [-0.2, -0.15) is 5.10 Å². The molecule has 1 aliphatic heterocycles. The van der Waals surface area contributed by atoms with Crippen LogP contribution in [0.2, 0.25) is 0 Å². The second-order valence-electron chi connectivity index (χ2n) is 6.50. The SMILES string of the molecule is C/C(=N/NC(=O)c1ccc(COc2ccccc2)cc1)c1ccc2c(c1)OCO2. The molecule has 3 aromatic rings. The van der Waals surface area contributed by atoms with Gasteiger partial charge in [0.05, 0.1) is 5.71 Å². The van der Waals surface area contributed by atoms with Crippen molar-refractivity contribution in [3.05, 3.63) is 89.5 Å². The van der Waals surface area contributed by atoms with Crippen molar-refractivity contribution in [2.75, 3.05) is 6.79 Å².